The molecule has 3 aliphatic carbocycles. The molecular weight excluding hydrogens is 387 g/mol. The third-order valence-electron chi connectivity index (χ3n) is 5.59. The summed E-state index contributed by atoms with van der Waals surface area (Å²) in [5.41, 5.74) is -0.905. The molecule has 10 heteroatoms. The first kappa shape index (κ1) is 17.9. The van der Waals surface area contributed by atoms with Crippen LogP contribution >= 0.6 is 0 Å². The molecule has 6 rings (SSSR count). The van der Waals surface area contributed by atoms with Crippen molar-refractivity contribution in [2.75, 3.05) is 12.4 Å². The fraction of sp³-hybridized carbons (Fsp3) is 0.368. The van der Waals surface area contributed by atoms with Gasteiger partial charge >= 0.3 is 0 Å². The Balaban J connectivity index is 1.45. The maximum Gasteiger partial charge on any atom is 0.280 e. The largest absolute Gasteiger partial charge is 0.479 e. The molecule has 3 aliphatic rings. The predicted molar refractivity (Wildman–Crippen MR) is 96.1 cm³/mol. The first-order valence-electron chi connectivity index (χ1n) is 9.00. The van der Waals surface area contributed by atoms with Crippen molar-refractivity contribution < 1.29 is 22.7 Å². The molecule has 1 amide bonds. The highest BCUT2D eigenvalue weighted by molar-refractivity contribution is 6.03. The monoisotopic (exact) mass is 403 g/mol. The fourth-order valence-electron chi connectivity index (χ4n) is 4.23. The van der Waals surface area contributed by atoms with Gasteiger partial charge in [-0.3, -0.25) is 9.20 Å². The number of nitrogens with one attached hydrogen (secondary N) is 1. The average molecular weight is 403 g/mol. The fourth-order valence-corrected chi connectivity index (χ4v) is 4.23. The number of fused-ring (bicyclic) bond motifs is 1. The molecule has 3 aromatic rings. The van der Waals surface area contributed by atoms with E-state index in [2.05, 4.69) is 20.3 Å². The second-order valence-corrected chi connectivity index (χ2v) is 7.66. The van der Waals surface area contributed by atoms with E-state index in [1.54, 1.807) is 16.8 Å². The van der Waals surface area contributed by atoms with Crippen LogP contribution in [0.1, 0.15) is 47.6 Å². The van der Waals surface area contributed by atoms with Gasteiger partial charge in [0.15, 0.2) is 0 Å². The van der Waals surface area contributed by atoms with Crippen LogP contribution in [0.5, 0.6) is 5.88 Å². The van der Waals surface area contributed by atoms with Gasteiger partial charge in [0.25, 0.3) is 12.3 Å². The van der Waals surface area contributed by atoms with Crippen molar-refractivity contribution >= 4 is 17.4 Å². The van der Waals surface area contributed by atoms with Gasteiger partial charge in [0, 0.05) is 17.8 Å². The maximum atomic E-state index is 13.9. The second kappa shape index (κ2) is 5.91. The number of amides is 1. The number of nitrogens with zero attached hydrogens (tertiary/aromatic N) is 4. The Labute approximate surface area is 162 Å². The summed E-state index contributed by atoms with van der Waals surface area (Å²) >= 11 is 0. The van der Waals surface area contributed by atoms with Crippen LogP contribution in [0, 0.1) is 0 Å². The van der Waals surface area contributed by atoms with Crippen LogP contribution in [0.3, 0.4) is 0 Å². The van der Waals surface area contributed by atoms with Gasteiger partial charge < -0.3 is 10.1 Å². The van der Waals surface area contributed by atoms with Gasteiger partial charge in [-0.05, 0) is 31.4 Å². The minimum absolute atomic E-state index is 0.118. The zero-order chi connectivity index (χ0) is 20.4. The summed E-state index contributed by atoms with van der Waals surface area (Å²) in [4.78, 5) is 24.9. The van der Waals surface area contributed by atoms with E-state index in [1.165, 1.54) is 19.2 Å². The lowest BCUT2D eigenvalue weighted by atomic mass is 9.41. The quantitative estimate of drug-likeness (QED) is 0.706. The molecule has 0 aliphatic heterocycles. The summed E-state index contributed by atoms with van der Waals surface area (Å²) < 4.78 is 46.4. The number of carbonyl (C=O) groups excluding carboxylic acids is 1. The van der Waals surface area contributed by atoms with Crippen molar-refractivity contribution in [1.82, 2.24) is 19.4 Å². The smallest absolute Gasteiger partial charge is 0.280 e. The number of methoxy groups -OCH3 is 1. The van der Waals surface area contributed by atoms with E-state index in [9.17, 15) is 18.0 Å². The summed E-state index contributed by atoms with van der Waals surface area (Å²) in [6, 6.07) is 3.82. The van der Waals surface area contributed by atoms with Crippen molar-refractivity contribution in [2.24, 2.45) is 0 Å². The highest BCUT2D eigenvalue weighted by Gasteiger charge is 2.70. The van der Waals surface area contributed by atoms with Crippen LogP contribution < -0.4 is 10.1 Å². The number of rotatable bonds is 5. The number of hydrogen-bond acceptors (Lipinski definition) is 5. The lowest BCUT2D eigenvalue weighted by Gasteiger charge is -2.65. The zero-order valence-electron chi connectivity index (χ0n) is 15.3. The van der Waals surface area contributed by atoms with E-state index in [0.717, 1.165) is 11.8 Å². The molecule has 0 spiro atoms. The van der Waals surface area contributed by atoms with Gasteiger partial charge in [-0.15, -0.1) is 0 Å². The van der Waals surface area contributed by atoms with Crippen molar-refractivity contribution in [3.63, 3.8) is 0 Å². The number of halogens is 3. The van der Waals surface area contributed by atoms with E-state index >= 15 is 0 Å². The van der Waals surface area contributed by atoms with Crippen molar-refractivity contribution in [2.45, 2.75) is 36.8 Å². The number of imidazole rings is 1. The molecule has 3 fully saturated rings. The molecule has 0 radical (unpaired) electrons. The summed E-state index contributed by atoms with van der Waals surface area (Å²) in [6.45, 7) is 0. The topological polar surface area (TPSA) is 81.4 Å². The summed E-state index contributed by atoms with van der Waals surface area (Å²) in [7, 11) is 1.39. The maximum absolute atomic E-state index is 13.9. The zero-order valence-corrected chi connectivity index (χ0v) is 15.3. The minimum atomic E-state index is -2.78. The van der Waals surface area contributed by atoms with Crippen molar-refractivity contribution in [1.29, 1.82) is 0 Å². The third kappa shape index (κ3) is 2.73. The van der Waals surface area contributed by atoms with Gasteiger partial charge in [0.05, 0.1) is 12.8 Å². The molecule has 3 saturated carbocycles. The van der Waals surface area contributed by atoms with Crippen LogP contribution in [0.4, 0.5) is 18.9 Å². The van der Waals surface area contributed by atoms with Gasteiger partial charge in [-0.1, -0.05) is 6.07 Å². The van der Waals surface area contributed by atoms with Gasteiger partial charge in [0.2, 0.25) is 11.7 Å². The molecule has 3 heterocycles. The Kier molecular flexibility index (Phi) is 3.65. The highest BCUT2D eigenvalue weighted by Crippen LogP contribution is 2.69. The molecule has 3 aromatic heterocycles. The summed E-state index contributed by atoms with van der Waals surface area (Å²) in [6.07, 6.45) is 1.97. The average Bonchev–Trinajstić information content (AvgIpc) is 3.06. The number of aromatic nitrogens is 4. The number of anilines is 1. The molecule has 7 nitrogen and oxygen atoms in total. The van der Waals surface area contributed by atoms with E-state index in [4.69, 9.17) is 4.74 Å². The number of hydrogen-bond donors (Lipinski definition) is 1. The van der Waals surface area contributed by atoms with Crippen LogP contribution in [-0.2, 0) is 5.41 Å². The second-order valence-electron chi connectivity index (χ2n) is 7.66. The molecule has 150 valence electrons. The Morgan fingerprint density at radius 3 is 2.62 bits per heavy atom. The minimum Gasteiger partial charge on any atom is -0.479 e. The van der Waals surface area contributed by atoms with Crippen LogP contribution in [0.15, 0.2) is 30.6 Å². The first-order chi connectivity index (χ1) is 13.8. The SMILES string of the molecule is COc1nc2nc(C34CC(F)(C3)C4)cn2cc1NC(=O)c1cccc(C(F)F)n1. The number of carbonyl (C=O) groups is 1. The van der Waals surface area contributed by atoms with Crippen LogP contribution in [-0.4, -0.2) is 38.0 Å². The van der Waals surface area contributed by atoms with E-state index < -0.39 is 23.7 Å². The van der Waals surface area contributed by atoms with Gasteiger partial charge in [0.1, 0.15) is 22.7 Å². The number of pyridine rings is 1. The lowest BCUT2D eigenvalue weighted by Crippen LogP contribution is -2.67. The predicted octanol–water partition coefficient (Wildman–Crippen LogP) is 3.47. The lowest BCUT2D eigenvalue weighted by molar-refractivity contribution is -0.159. The van der Waals surface area contributed by atoms with E-state index in [-0.39, 0.29) is 22.7 Å². The Hall–Kier alpha value is -3.17. The normalized spacial score (nSPS) is 24.9. The third-order valence-corrected chi connectivity index (χ3v) is 5.59. The summed E-state index contributed by atoms with van der Waals surface area (Å²) in [5, 5.41) is 2.59. The molecule has 0 saturated heterocycles. The molecular formula is C19H16F3N5O2. The molecule has 0 atom stereocenters. The summed E-state index contributed by atoms with van der Waals surface area (Å²) in [5.74, 6) is -0.191. The van der Waals surface area contributed by atoms with Crippen molar-refractivity contribution in [3.05, 3.63) is 47.7 Å². The van der Waals surface area contributed by atoms with Crippen LogP contribution in [0.25, 0.3) is 5.78 Å². The molecule has 29 heavy (non-hydrogen) atoms. The van der Waals surface area contributed by atoms with Gasteiger partial charge in [-0.25, -0.2) is 23.1 Å². The van der Waals surface area contributed by atoms with E-state index in [0.29, 0.717) is 25.0 Å². The molecule has 0 unspecified atom stereocenters. The van der Waals surface area contributed by atoms with E-state index in [1.807, 2.05) is 0 Å². The van der Waals surface area contributed by atoms with Crippen LogP contribution in [0.2, 0.25) is 0 Å². The Morgan fingerprint density at radius 2 is 1.97 bits per heavy atom. The molecule has 2 bridgehead atoms. The number of alkyl halides is 3. The first-order valence-corrected chi connectivity index (χ1v) is 9.00. The van der Waals surface area contributed by atoms with Crippen molar-refractivity contribution in [3.8, 4) is 5.88 Å². The number of ether oxygens (including phenoxy) is 1. The highest BCUT2D eigenvalue weighted by atomic mass is 19.3. The molecule has 1 N–H and O–H groups in total. The Morgan fingerprint density at radius 1 is 1.21 bits per heavy atom. The standard InChI is InChI=1S/C19H16F3N5O2/c1-29-16-12(24-15(28)11-4-2-3-10(23-11)14(20)21)5-27-6-13(25-17(27)26-16)18-7-19(22,8-18)9-18/h2-6,14H,7-9H2,1H3,(H,24,28). The molecule has 0 aromatic carbocycles. The Bertz CT molecular complexity index is 1130. The van der Waals surface area contributed by atoms with Gasteiger partial charge in [-0.2, -0.15) is 4.98 Å².